The van der Waals surface area contributed by atoms with Crippen molar-refractivity contribution in [1.82, 2.24) is 14.8 Å². The van der Waals surface area contributed by atoms with Gasteiger partial charge in [-0.25, -0.2) is 5.10 Å². The van der Waals surface area contributed by atoms with Crippen molar-refractivity contribution in [2.24, 2.45) is 0 Å². The van der Waals surface area contributed by atoms with Crippen molar-refractivity contribution in [1.29, 1.82) is 0 Å². The van der Waals surface area contributed by atoms with Gasteiger partial charge in [0.2, 0.25) is 5.95 Å². The Bertz CT molecular complexity index is 455. The number of rotatable bonds is 8. The molecule has 7 heteroatoms. The van der Waals surface area contributed by atoms with Crippen molar-refractivity contribution < 1.29 is 9.47 Å². The Morgan fingerprint density at radius 3 is 2.79 bits per heavy atom. The molecule has 0 aliphatic heterocycles. The van der Waals surface area contributed by atoms with Crippen molar-refractivity contribution in [3.05, 3.63) is 4.77 Å². The van der Waals surface area contributed by atoms with E-state index in [1.165, 1.54) is 12.8 Å². The zero-order valence-electron chi connectivity index (χ0n) is 11.8. The lowest BCUT2D eigenvalue weighted by Crippen LogP contribution is -2.40. The largest absolute Gasteiger partial charge is 0.383 e. The molecule has 1 saturated carbocycles. The molecule has 1 aromatic rings. The molecule has 0 bridgehead atoms. The number of ether oxygens (including phenoxy) is 2. The molecule has 0 aromatic carbocycles. The molecule has 1 atom stereocenters. The fourth-order valence-corrected chi connectivity index (χ4v) is 2.48. The SMILES string of the molecule is COCCN(c1n[nH]c(=S)n1C1CC1)C(C)COC. The average molecular weight is 286 g/mol. The topological polar surface area (TPSA) is 55.3 Å². The Morgan fingerprint density at radius 2 is 2.21 bits per heavy atom. The minimum absolute atomic E-state index is 0.225. The normalized spacial score (nSPS) is 16.6. The van der Waals surface area contributed by atoms with Gasteiger partial charge in [-0.15, -0.1) is 5.10 Å². The molecule has 1 N–H and O–H groups in total. The quantitative estimate of drug-likeness (QED) is 0.738. The first-order valence-electron chi connectivity index (χ1n) is 6.60. The van der Waals surface area contributed by atoms with Crippen LogP contribution in [0.5, 0.6) is 0 Å². The van der Waals surface area contributed by atoms with Crippen LogP contribution in [0.2, 0.25) is 0 Å². The van der Waals surface area contributed by atoms with Crippen LogP contribution in [0.25, 0.3) is 0 Å². The van der Waals surface area contributed by atoms with Gasteiger partial charge in [0.15, 0.2) is 4.77 Å². The van der Waals surface area contributed by atoms with Crippen LogP contribution < -0.4 is 4.90 Å². The third-order valence-electron chi connectivity index (χ3n) is 3.33. The van der Waals surface area contributed by atoms with Crippen LogP contribution in [0, 0.1) is 4.77 Å². The van der Waals surface area contributed by atoms with Gasteiger partial charge in [0.05, 0.1) is 19.3 Å². The van der Waals surface area contributed by atoms with Crippen molar-refractivity contribution >= 4 is 18.2 Å². The first-order valence-corrected chi connectivity index (χ1v) is 7.01. The number of hydrogen-bond acceptors (Lipinski definition) is 5. The highest BCUT2D eigenvalue weighted by atomic mass is 32.1. The van der Waals surface area contributed by atoms with E-state index in [0.29, 0.717) is 24.0 Å². The Hall–Kier alpha value is -0.920. The molecule has 0 saturated heterocycles. The maximum absolute atomic E-state index is 5.33. The van der Waals surface area contributed by atoms with Crippen LogP contribution in [0.4, 0.5) is 5.95 Å². The minimum Gasteiger partial charge on any atom is -0.383 e. The molecule has 2 rings (SSSR count). The minimum atomic E-state index is 0.225. The fourth-order valence-electron chi connectivity index (χ4n) is 2.20. The zero-order valence-corrected chi connectivity index (χ0v) is 12.6. The molecule has 1 fully saturated rings. The summed E-state index contributed by atoms with van der Waals surface area (Å²) in [6.45, 7) is 4.19. The van der Waals surface area contributed by atoms with Gasteiger partial charge in [-0.2, -0.15) is 0 Å². The maximum atomic E-state index is 5.33. The predicted octanol–water partition coefficient (Wildman–Crippen LogP) is 1.76. The van der Waals surface area contributed by atoms with Crippen LogP contribution in [-0.2, 0) is 9.47 Å². The second-order valence-electron chi connectivity index (χ2n) is 4.92. The van der Waals surface area contributed by atoms with Gasteiger partial charge in [0, 0.05) is 26.8 Å². The molecule has 1 heterocycles. The summed E-state index contributed by atoms with van der Waals surface area (Å²) in [5, 5.41) is 7.30. The molecule has 0 spiro atoms. The van der Waals surface area contributed by atoms with E-state index in [9.17, 15) is 0 Å². The van der Waals surface area contributed by atoms with Gasteiger partial charge in [-0.3, -0.25) is 4.57 Å². The number of methoxy groups -OCH3 is 2. The predicted molar refractivity (Wildman–Crippen MR) is 76.2 cm³/mol. The number of aromatic amines is 1. The molecule has 1 aliphatic rings. The Morgan fingerprint density at radius 1 is 1.47 bits per heavy atom. The van der Waals surface area contributed by atoms with Crippen LogP contribution >= 0.6 is 12.2 Å². The molecular formula is C12H22N4O2S. The standard InChI is InChI=1S/C12H22N4O2S/c1-9(8-18-3)15(6-7-17-2)11-13-14-12(19)16(11)10-4-5-10/h9-10H,4-8H2,1-3H3,(H,14,19). The monoisotopic (exact) mass is 286 g/mol. The third kappa shape index (κ3) is 3.34. The third-order valence-corrected chi connectivity index (χ3v) is 3.62. The smallest absolute Gasteiger partial charge is 0.226 e. The number of hydrogen-bond donors (Lipinski definition) is 1. The fraction of sp³-hybridized carbons (Fsp3) is 0.833. The van der Waals surface area contributed by atoms with Crippen molar-refractivity contribution in [2.75, 3.05) is 38.9 Å². The van der Waals surface area contributed by atoms with Gasteiger partial charge in [-0.1, -0.05) is 0 Å². The van der Waals surface area contributed by atoms with Crippen LogP contribution in [0.3, 0.4) is 0 Å². The van der Waals surface area contributed by atoms with E-state index in [1.54, 1.807) is 14.2 Å². The highest BCUT2D eigenvalue weighted by Crippen LogP contribution is 2.38. The summed E-state index contributed by atoms with van der Waals surface area (Å²) < 4.78 is 13.3. The molecule has 0 radical (unpaired) electrons. The van der Waals surface area contributed by atoms with E-state index in [2.05, 4.69) is 26.6 Å². The van der Waals surface area contributed by atoms with Gasteiger partial charge in [0.1, 0.15) is 0 Å². The van der Waals surface area contributed by atoms with Gasteiger partial charge < -0.3 is 14.4 Å². The Balaban J connectivity index is 2.23. The molecule has 1 aromatic heterocycles. The molecule has 19 heavy (non-hydrogen) atoms. The first kappa shape index (κ1) is 14.5. The molecule has 0 amide bonds. The van der Waals surface area contributed by atoms with Crippen LogP contribution in [-0.4, -0.2) is 54.8 Å². The van der Waals surface area contributed by atoms with E-state index in [4.69, 9.17) is 21.7 Å². The second kappa shape index (κ2) is 6.49. The van der Waals surface area contributed by atoms with E-state index in [-0.39, 0.29) is 6.04 Å². The summed E-state index contributed by atoms with van der Waals surface area (Å²) in [5.74, 6) is 0.897. The summed E-state index contributed by atoms with van der Waals surface area (Å²) in [7, 11) is 3.42. The summed E-state index contributed by atoms with van der Waals surface area (Å²) in [4.78, 5) is 2.19. The van der Waals surface area contributed by atoms with Gasteiger partial charge in [0.25, 0.3) is 0 Å². The average Bonchev–Trinajstić information content (AvgIpc) is 3.15. The van der Waals surface area contributed by atoms with Crippen molar-refractivity contribution in [2.45, 2.75) is 31.8 Å². The highest BCUT2D eigenvalue weighted by Gasteiger charge is 2.30. The van der Waals surface area contributed by atoms with Crippen molar-refractivity contribution in [3.8, 4) is 0 Å². The van der Waals surface area contributed by atoms with Gasteiger partial charge >= 0.3 is 0 Å². The van der Waals surface area contributed by atoms with Crippen LogP contribution in [0.1, 0.15) is 25.8 Å². The summed E-state index contributed by atoms with van der Waals surface area (Å²) in [6.07, 6.45) is 2.36. The Labute approximate surface area is 118 Å². The number of nitrogens with one attached hydrogen (secondary N) is 1. The van der Waals surface area contributed by atoms with E-state index >= 15 is 0 Å². The number of H-pyrrole nitrogens is 1. The lowest BCUT2D eigenvalue weighted by atomic mass is 10.3. The van der Waals surface area contributed by atoms with E-state index in [0.717, 1.165) is 12.5 Å². The lowest BCUT2D eigenvalue weighted by molar-refractivity contribution is 0.170. The molecule has 108 valence electrons. The number of nitrogens with zero attached hydrogens (tertiary/aromatic N) is 3. The molecule has 1 aliphatic carbocycles. The summed E-state index contributed by atoms with van der Waals surface area (Å²) in [6, 6.07) is 0.726. The Kier molecular flexibility index (Phi) is 4.95. The van der Waals surface area contributed by atoms with Crippen LogP contribution in [0.15, 0.2) is 0 Å². The molecular weight excluding hydrogens is 264 g/mol. The maximum Gasteiger partial charge on any atom is 0.226 e. The molecule has 6 nitrogen and oxygen atoms in total. The zero-order chi connectivity index (χ0) is 13.8. The van der Waals surface area contributed by atoms with Crippen molar-refractivity contribution in [3.63, 3.8) is 0 Å². The summed E-state index contributed by atoms with van der Waals surface area (Å²) in [5.41, 5.74) is 0. The number of aromatic nitrogens is 3. The number of anilines is 1. The molecule has 1 unspecified atom stereocenters. The lowest BCUT2D eigenvalue weighted by Gasteiger charge is -2.29. The van der Waals surface area contributed by atoms with E-state index < -0.39 is 0 Å². The van der Waals surface area contributed by atoms with E-state index in [1.807, 2.05) is 0 Å². The summed E-state index contributed by atoms with van der Waals surface area (Å²) >= 11 is 5.33. The highest BCUT2D eigenvalue weighted by molar-refractivity contribution is 7.71. The first-order chi connectivity index (χ1) is 9.19. The van der Waals surface area contributed by atoms with Gasteiger partial charge in [-0.05, 0) is 32.0 Å². The second-order valence-corrected chi connectivity index (χ2v) is 5.31.